The molecule has 0 saturated heterocycles. The number of benzene rings is 1. The van der Waals surface area contributed by atoms with Gasteiger partial charge in [-0.15, -0.1) is 0 Å². The second-order valence-corrected chi connectivity index (χ2v) is 5.41. The third-order valence-corrected chi connectivity index (χ3v) is 2.97. The zero-order valence-corrected chi connectivity index (χ0v) is 10.9. The number of hydrogen-bond acceptors (Lipinski definition) is 3. The molecule has 1 amide bonds. The summed E-state index contributed by atoms with van der Waals surface area (Å²) in [5, 5.41) is 2.94. The second kappa shape index (κ2) is 4.65. The Bertz CT molecular complexity index is 421. The van der Waals surface area contributed by atoms with Crippen LogP contribution in [0.15, 0.2) is 18.2 Å². The molecule has 94 valence electrons. The number of carbonyl (C=O) groups is 1. The first-order valence-electron chi connectivity index (χ1n) is 5.67. The van der Waals surface area contributed by atoms with Crippen molar-refractivity contribution in [1.82, 2.24) is 5.32 Å². The summed E-state index contributed by atoms with van der Waals surface area (Å²) in [6.07, 6.45) is 0. The van der Waals surface area contributed by atoms with E-state index < -0.39 is 0 Å². The molecule has 1 unspecified atom stereocenters. The van der Waals surface area contributed by atoms with Gasteiger partial charge in [-0.3, -0.25) is 4.79 Å². The maximum absolute atomic E-state index is 12.0. The van der Waals surface area contributed by atoms with Gasteiger partial charge < -0.3 is 16.8 Å². The van der Waals surface area contributed by atoms with E-state index in [4.69, 9.17) is 11.5 Å². The van der Waals surface area contributed by atoms with Crippen LogP contribution in [0.25, 0.3) is 0 Å². The molecule has 0 aliphatic rings. The van der Waals surface area contributed by atoms with Crippen LogP contribution in [0.5, 0.6) is 0 Å². The van der Waals surface area contributed by atoms with Crippen molar-refractivity contribution in [3.05, 3.63) is 23.8 Å². The third kappa shape index (κ3) is 3.37. The van der Waals surface area contributed by atoms with E-state index in [1.807, 2.05) is 6.92 Å². The van der Waals surface area contributed by atoms with Gasteiger partial charge in [0.15, 0.2) is 0 Å². The lowest BCUT2D eigenvalue weighted by Crippen LogP contribution is -2.41. The highest BCUT2D eigenvalue weighted by atomic mass is 16.1. The van der Waals surface area contributed by atoms with Crippen LogP contribution in [0.1, 0.15) is 38.1 Å². The van der Waals surface area contributed by atoms with E-state index in [1.54, 1.807) is 18.2 Å². The molecule has 4 heteroatoms. The van der Waals surface area contributed by atoms with E-state index in [9.17, 15) is 4.79 Å². The number of nitrogens with one attached hydrogen (secondary N) is 1. The zero-order valence-electron chi connectivity index (χ0n) is 10.9. The lowest BCUT2D eigenvalue weighted by molar-refractivity contribution is 0.0911. The summed E-state index contributed by atoms with van der Waals surface area (Å²) in [5.74, 6) is -0.162. The number of nitrogen functional groups attached to an aromatic ring is 2. The lowest BCUT2D eigenvalue weighted by Gasteiger charge is -2.28. The molecule has 1 rings (SSSR count). The van der Waals surface area contributed by atoms with E-state index >= 15 is 0 Å². The third-order valence-electron chi connectivity index (χ3n) is 2.97. The van der Waals surface area contributed by atoms with Crippen molar-refractivity contribution in [2.24, 2.45) is 5.41 Å². The molecule has 0 spiro atoms. The molecule has 17 heavy (non-hydrogen) atoms. The van der Waals surface area contributed by atoms with Gasteiger partial charge in [-0.2, -0.15) is 0 Å². The van der Waals surface area contributed by atoms with Gasteiger partial charge in [-0.25, -0.2) is 0 Å². The van der Waals surface area contributed by atoms with Crippen LogP contribution < -0.4 is 16.8 Å². The van der Waals surface area contributed by atoms with E-state index in [0.29, 0.717) is 16.9 Å². The van der Waals surface area contributed by atoms with E-state index in [1.165, 1.54) is 0 Å². The average Bonchev–Trinajstić information content (AvgIpc) is 2.15. The van der Waals surface area contributed by atoms with Gasteiger partial charge in [-0.05, 0) is 30.5 Å². The largest absolute Gasteiger partial charge is 0.399 e. The summed E-state index contributed by atoms with van der Waals surface area (Å²) >= 11 is 0. The number of hydrogen-bond donors (Lipinski definition) is 3. The molecule has 0 fully saturated rings. The van der Waals surface area contributed by atoms with Gasteiger partial charge in [0.25, 0.3) is 5.91 Å². The lowest BCUT2D eigenvalue weighted by atomic mass is 9.88. The maximum Gasteiger partial charge on any atom is 0.253 e. The van der Waals surface area contributed by atoms with Crippen LogP contribution in [0, 0.1) is 5.41 Å². The highest BCUT2D eigenvalue weighted by molar-refractivity contribution is 5.99. The van der Waals surface area contributed by atoms with Crippen LogP contribution in [-0.4, -0.2) is 11.9 Å². The number of anilines is 2. The van der Waals surface area contributed by atoms with Gasteiger partial charge >= 0.3 is 0 Å². The molecule has 4 nitrogen and oxygen atoms in total. The Morgan fingerprint density at radius 3 is 2.35 bits per heavy atom. The second-order valence-electron chi connectivity index (χ2n) is 5.41. The first kappa shape index (κ1) is 13.4. The van der Waals surface area contributed by atoms with Crippen molar-refractivity contribution < 1.29 is 4.79 Å². The van der Waals surface area contributed by atoms with Crippen molar-refractivity contribution in [2.75, 3.05) is 11.5 Å². The Hall–Kier alpha value is -1.71. The van der Waals surface area contributed by atoms with Gasteiger partial charge in [0.1, 0.15) is 0 Å². The molecule has 1 aromatic carbocycles. The predicted octanol–water partition coefficient (Wildman–Crippen LogP) is 2.02. The Morgan fingerprint density at radius 2 is 1.88 bits per heavy atom. The number of nitrogens with two attached hydrogens (primary N) is 2. The number of amides is 1. The van der Waals surface area contributed by atoms with Crippen molar-refractivity contribution in [1.29, 1.82) is 0 Å². The minimum absolute atomic E-state index is 0.0121. The van der Waals surface area contributed by atoms with Gasteiger partial charge in [-0.1, -0.05) is 20.8 Å². The molecule has 0 radical (unpaired) electrons. The molecule has 1 atom stereocenters. The fourth-order valence-corrected chi connectivity index (χ4v) is 1.28. The number of carbonyl (C=O) groups excluding carboxylic acids is 1. The summed E-state index contributed by atoms with van der Waals surface area (Å²) in [5.41, 5.74) is 12.8. The minimum atomic E-state index is -0.162. The van der Waals surface area contributed by atoms with Gasteiger partial charge in [0.2, 0.25) is 0 Å². The van der Waals surface area contributed by atoms with E-state index in [-0.39, 0.29) is 17.4 Å². The first-order valence-corrected chi connectivity index (χ1v) is 5.67. The molecule has 0 heterocycles. The van der Waals surface area contributed by atoms with Crippen LogP contribution in [0.4, 0.5) is 11.4 Å². The molecule has 0 bridgehead atoms. The quantitative estimate of drug-likeness (QED) is 0.686. The molecule has 0 aliphatic carbocycles. The van der Waals surface area contributed by atoms with Crippen molar-refractivity contribution in [2.45, 2.75) is 33.7 Å². The highest BCUT2D eigenvalue weighted by Gasteiger charge is 2.22. The molecule has 0 aliphatic heterocycles. The fourth-order valence-electron chi connectivity index (χ4n) is 1.28. The topological polar surface area (TPSA) is 81.1 Å². The van der Waals surface area contributed by atoms with Crippen molar-refractivity contribution >= 4 is 17.3 Å². The summed E-state index contributed by atoms with van der Waals surface area (Å²) in [6.45, 7) is 8.20. The Balaban J connectivity index is 2.84. The summed E-state index contributed by atoms with van der Waals surface area (Å²) in [4.78, 5) is 12.0. The zero-order chi connectivity index (χ0) is 13.2. The predicted molar refractivity (Wildman–Crippen MR) is 71.7 cm³/mol. The van der Waals surface area contributed by atoms with Crippen LogP contribution in [0.2, 0.25) is 0 Å². The van der Waals surface area contributed by atoms with Gasteiger partial charge in [0, 0.05) is 17.4 Å². The molecular formula is C13H21N3O. The van der Waals surface area contributed by atoms with Crippen LogP contribution >= 0.6 is 0 Å². The standard InChI is InChI=1S/C13H21N3O/c1-8(13(2,3)4)16-12(17)10-6-5-9(14)7-11(10)15/h5-8H,14-15H2,1-4H3,(H,16,17). The summed E-state index contributed by atoms with van der Waals surface area (Å²) < 4.78 is 0. The highest BCUT2D eigenvalue weighted by Crippen LogP contribution is 2.20. The van der Waals surface area contributed by atoms with E-state index in [0.717, 1.165) is 0 Å². The summed E-state index contributed by atoms with van der Waals surface area (Å²) in [6, 6.07) is 4.98. The average molecular weight is 235 g/mol. The molecule has 0 aromatic heterocycles. The Labute approximate surface area is 102 Å². The van der Waals surface area contributed by atoms with Crippen LogP contribution in [0.3, 0.4) is 0 Å². The van der Waals surface area contributed by atoms with E-state index in [2.05, 4.69) is 26.1 Å². The smallest absolute Gasteiger partial charge is 0.253 e. The van der Waals surface area contributed by atoms with Crippen molar-refractivity contribution in [3.63, 3.8) is 0 Å². The Kier molecular flexibility index (Phi) is 3.66. The SMILES string of the molecule is CC(NC(=O)c1ccc(N)cc1N)C(C)(C)C. The summed E-state index contributed by atoms with van der Waals surface area (Å²) in [7, 11) is 0. The first-order chi connectivity index (χ1) is 7.71. The Morgan fingerprint density at radius 1 is 1.29 bits per heavy atom. The normalized spacial score (nSPS) is 13.2. The van der Waals surface area contributed by atoms with Crippen LogP contribution in [-0.2, 0) is 0 Å². The molecule has 5 N–H and O–H groups in total. The molecule has 0 saturated carbocycles. The minimum Gasteiger partial charge on any atom is -0.399 e. The molecule has 1 aromatic rings. The van der Waals surface area contributed by atoms with Gasteiger partial charge in [0.05, 0.1) is 5.56 Å². The van der Waals surface area contributed by atoms with Crippen molar-refractivity contribution in [3.8, 4) is 0 Å². The number of rotatable bonds is 2. The monoisotopic (exact) mass is 235 g/mol. The molecular weight excluding hydrogens is 214 g/mol. The maximum atomic E-state index is 12.0. The fraction of sp³-hybridized carbons (Fsp3) is 0.462.